The van der Waals surface area contributed by atoms with Gasteiger partial charge in [0.25, 0.3) is 0 Å². The molecule has 0 atom stereocenters. The molecule has 0 bridgehead atoms. The molecule has 2 aromatic heterocycles. The summed E-state index contributed by atoms with van der Waals surface area (Å²) in [6, 6.07) is 0.831. The number of alkyl halides is 3. The highest BCUT2D eigenvalue weighted by molar-refractivity contribution is 7.16. The summed E-state index contributed by atoms with van der Waals surface area (Å²) < 4.78 is 43.1. The van der Waals surface area contributed by atoms with Crippen LogP contribution in [0.2, 0.25) is 0 Å². The lowest BCUT2D eigenvalue weighted by molar-refractivity contribution is -0.141. The zero-order valence-electron chi connectivity index (χ0n) is 12.6. The molecule has 0 saturated heterocycles. The Hall–Kier alpha value is -2.36. The van der Waals surface area contributed by atoms with Crippen molar-refractivity contribution < 1.29 is 22.7 Å². The summed E-state index contributed by atoms with van der Waals surface area (Å²) in [5.41, 5.74) is 6.03. The number of carbonyl (C=O) groups excluding carboxylic acids is 1. The second kappa shape index (κ2) is 5.93. The lowest BCUT2D eigenvalue weighted by Gasteiger charge is -2.27. The fraction of sp³-hybridized carbons (Fsp3) is 0.357. The van der Waals surface area contributed by atoms with Gasteiger partial charge in [0, 0.05) is 17.6 Å². The largest absolute Gasteiger partial charge is 0.465 e. The first-order valence-electron chi connectivity index (χ1n) is 6.94. The molecular weight excluding hydrogens is 345 g/mol. The van der Waals surface area contributed by atoms with Gasteiger partial charge in [-0.15, -0.1) is 11.3 Å². The second-order valence-corrected chi connectivity index (χ2v) is 6.28. The Morgan fingerprint density at radius 2 is 2.21 bits per heavy atom. The van der Waals surface area contributed by atoms with Crippen molar-refractivity contribution in [1.29, 1.82) is 0 Å². The van der Waals surface area contributed by atoms with Crippen LogP contribution in [-0.4, -0.2) is 29.6 Å². The number of halogens is 3. The lowest BCUT2D eigenvalue weighted by Crippen LogP contribution is -2.32. The molecule has 0 amide bonds. The minimum Gasteiger partial charge on any atom is -0.465 e. The third-order valence-electron chi connectivity index (χ3n) is 3.69. The van der Waals surface area contributed by atoms with Crippen LogP contribution in [-0.2, 0) is 23.9 Å². The molecule has 0 saturated carbocycles. The summed E-state index contributed by atoms with van der Waals surface area (Å²) >= 11 is 1.23. The van der Waals surface area contributed by atoms with Crippen LogP contribution in [0.15, 0.2) is 12.3 Å². The highest BCUT2D eigenvalue weighted by atomic mass is 32.1. The first-order chi connectivity index (χ1) is 11.3. The monoisotopic (exact) mass is 358 g/mol. The average molecular weight is 358 g/mol. The molecule has 1 aliphatic rings. The molecule has 3 heterocycles. The van der Waals surface area contributed by atoms with Gasteiger partial charge in [0.1, 0.15) is 10.7 Å². The van der Waals surface area contributed by atoms with Gasteiger partial charge in [-0.1, -0.05) is 0 Å². The second-order valence-electron chi connectivity index (χ2n) is 5.15. The van der Waals surface area contributed by atoms with Crippen molar-refractivity contribution in [3.63, 3.8) is 0 Å². The summed E-state index contributed by atoms with van der Waals surface area (Å²) in [6.07, 6.45) is -2.99. The number of anilines is 2. The molecule has 0 fully saturated rings. The fourth-order valence-electron chi connectivity index (χ4n) is 2.58. The van der Waals surface area contributed by atoms with Crippen molar-refractivity contribution in [2.24, 2.45) is 0 Å². The zero-order valence-corrected chi connectivity index (χ0v) is 13.4. The topological polar surface area (TPSA) is 81.3 Å². The highest BCUT2D eigenvalue weighted by Crippen LogP contribution is 2.36. The van der Waals surface area contributed by atoms with E-state index in [0.717, 1.165) is 22.7 Å². The predicted molar refractivity (Wildman–Crippen MR) is 81.9 cm³/mol. The van der Waals surface area contributed by atoms with E-state index in [2.05, 4.69) is 9.97 Å². The molecule has 0 unspecified atom stereocenters. The molecule has 0 aliphatic carbocycles. The number of fused-ring (bicyclic) bond motifs is 1. The van der Waals surface area contributed by atoms with E-state index in [4.69, 9.17) is 10.5 Å². The Labute approximate surface area is 139 Å². The molecular formula is C14H13F3N4O2S. The van der Waals surface area contributed by atoms with E-state index in [1.165, 1.54) is 18.4 Å². The Kier molecular flexibility index (Phi) is 4.08. The quantitative estimate of drug-likeness (QED) is 0.831. The number of nitrogen functional groups attached to an aromatic ring is 1. The van der Waals surface area contributed by atoms with Crippen molar-refractivity contribution in [3.8, 4) is 0 Å². The van der Waals surface area contributed by atoms with Gasteiger partial charge < -0.3 is 15.4 Å². The van der Waals surface area contributed by atoms with Crippen molar-refractivity contribution in [3.05, 3.63) is 34.0 Å². The normalized spacial score (nSPS) is 14.4. The molecule has 2 N–H and O–H groups in total. The Morgan fingerprint density at radius 3 is 2.88 bits per heavy atom. The highest BCUT2D eigenvalue weighted by Gasteiger charge is 2.34. The van der Waals surface area contributed by atoms with E-state index in [9.17, 15) is 18.0 Å². The number of aromatic nitrogens is 2. The molecule has 24 heavy (non-hydrogen) atoms. The number of hydrogen-bond donors (Lipinski definition) is 1. The van der Waals surface area contributed by atoms with Gasteiger partial charge in [-0.3, -0.25) is 0 Å². The van der Waals surface area contributed by atoms with Crippen LogP contribution in [0.1, 0.15) is 26.5 Å². The van der Waals surface area contributed by atoms with Crippen LogP contribution >= 0.6 is 11.3 Å². The van der Waals surface area contributed by atoms with Gasteiger partial charge in [0.05, 0.1) is 19.2 Å². The number of thiophene rings is 1. The molecule has 0 spiro atoms. The molecule has 1 aliphatic heterocycles. The zero-order chi connectivity index (χ0) is 17.5. The van der Waals surface area contributed by atoms with Crippen LogP contribution in [0.5, 0.6) is 0 Å². The first kappa shape index (κ1) is 16.5. The maximum atomic E-state index is 12.8. The first-order valence-corrected chi connectivity index (χ1v) is 7.76. The minimum absolute atomic E-state index is 0.00191. The van der Waals surface area contributed by atoms with Crippen LogP contribution in [0.3, 0.4) is 0 Å². The summed E-state index contributed by atoms with van der Waals surface area (Å²) in [5, 5.41) is 0.346. The molecule has 0 radical (unpaired) electrons. The van der Waals surface area contributed by atoms with Gasteiger partial charge in [0.2, 0.25) is 5.95 Å². The van der Waals surface area contributed by atoms with E-state index in [1.807, 2.05) is 0 Å². The number of nitrogens with zero attached hydrogens (tertiary/aromatic N) is 3. The average Bonchev–Trinajstić information content (AvgIpc) is 2.88. The van der Waals surface area contributed by atoms with Crippen molar-refractivity contribution >= 4 is 28.3 Å². The van der Waals surface area contributed by atoms with Gasteiger partial charge in [-0.25, -0.2) is 14.8 Å². The standard InChI is InChI=1S/C14H13F3N4O2S/c1-23-12(22)10-7-3-5-21(6-8(7)24-11(10)18)13-19-4-2-9(20-13)14(15,16)17/h2,4H,3,5-6,18H2,1H3. The molecule has 6 nitrogen and oxygen atoms in total. The van der Waals surface area contributed by atoms with Gasteiger partial charge in [-0.05, 0) is 18.1 Å². The molecule has 0 aromatic carbocycles. The Morgan fingerprint density at radius 1 is 1.46 bits per heavy atom. The van der Waals surface area contributed by atoms with Crippen LogP contribution in [0.25, 0.3) is 0 Å². The Balaban J connectivity index is 1.90. The van der Waals surface area contributed by atoms with Crippen molar-refractivity contribution in [1.82, 2.24) is 9.97 Å². The predicted octanol–water partition coefficient (Wildman–Crippen LogP) is 2.49. The van der Waals surface area contributed by atoms with Crippen molar-refractivity contribution in [2.75, 3.05) is 24.3 Å². The number of hydrogen-bond acceptors (Lipinski definition) is 7. The smallest absolute Gasteiger partial charge is 0.433 e. The lowest BCUT2D eigenvalue weighted by atomic mass is 10.0. The molecule has 128 valence electrons. The van der Waals surface area contributed by atoms with Crippen molar-refractivity contribution in [2.45, 2.75) is 19.1 Å². The van der Waals surface area contributed by atoms with E-state index >= 15 is 0 Å². The summed E-state index contributed by atoms with van der Waals surface area (Å²) in [4.78, 5) is 21.8. The molecule has 10 heteroatoms. The number of nitrogens with two attached hydrogens (primary N) is 1. The maximum Gasteiger partial charge on any atom is 0.433 e. The van der Waals surface area contributed by atoms with Crippen LogP contribution in [0, 0.1) is 0 Å². The molecule has 2 aromatic rings. The van der Waals surface area contributed by atoms with Gasteiger partial charge in [0.15, 0.2) is 0 Å². The summed E-state index contributed by atoms with van der Waals surface area (Å²) in [6.45, 7) is 0.678. The number of ether oxygens (including phenoxy) is 1. The summed E-state index contributed by atoms with van der Waals surface area (Å²) in [7, 11) is 1.28. The number of methoxy groups -OCH3 is 1. The van der Waals surface area contributed by atoms with Gasteiger partial charge in [-0.2, -0.15) is 13.2 Å². The third kappa shape index (κ3) is 2.88. The van der Waals surface area contributed by atoms with E-state index in [-0.39, 0.29) is 5.95 Å². The number of carbonyl (C=O) groups is 1. The van der Waals surface area contributed by atoms with Crippen LogP contribution in [0.4, 0.5) is 24.1 Å². The number of esters is 1. The minimum atomic E-state index is -4.52. The summed E-state index contributed by atoms with van der Waals surface area (Å²) in [5.74, 6) is -0.504. The van der Waals surface area contributed by atoms with Crippen LogP contribution < -0.4 is 10.6 Å². The van der Waals surface area contributed by atoms with Gasteiger partial charge >= 0.3 is 12.1 Å². The fourth-order valence-corrected chi connectivity index (χ4v) is 3.70. The van der Waals surface area contributed by atoms with E-state index in [0.29, 0.717) is 30.1 Å². The third-order valence-corrected chi connectivity index (χ3v) is 4.74. The maximum absolute atomic E-state index is 12.8. The SMILES string of the molecule is COC(=O)c1c(N)sc2c1CCN(c1nccc(C(F)(F)F)n1)C2. The molecule has 3 rings (SSSR count). The Bertz CT molecular complexity index is 791. The van der Waals surface area contributed by atoms with E-state index < -0.39 is 17.8 Å². The van der Waals surface area contributed by atoms with E-state index in [1.54, 1.807) is 4.90 Å². The number of rotatable bonds is 2.